The molecule has 38 heavy (non-hydrogen) atoms. The van der Waals surface area contributed by atoms with Crippen LogP contribution in [0.4, 0.5) is 20.2 Å². The molecule has 11 heteroatoms. The van der Waals surface area contributed by atoms with Crippen molar-refractivity contribution in [1.82, 2.24) is 20.2 Å². The Kier molecular flexibility index (Phi) is 7.50. The number of halogens is 2. The van der Waals surface area contributed by atoms with Gasteiger partial charge < -0.3 is 20.1 Å². The van der Waals surface area contributed by atoms with E-state index in [2.05, 4.69) is 25.5 Å². The first-order valence-corrected chi connectivity index (χ1v) is 12.6. The second-order valence-electron chi connectivity index (χ2n) is 9.42. The van der Waals surface area contributed by atoms with E-state index >= 15 is 0 Å². The number of hydrogen-bond acceptors (Lipinski definition) is 8. The molecule has 3 aromatic rings. The molecule has 200 valence electrons. The van der Waals surface area contributed by atoms with E-state index in [1.165, 1.54) is 43.6 Å². The first-order valence-electron chi connectivity index (χ1n) is 12.6. The summed E-state index contributed by atoms with van der Waals surface area (Å²) in [4.78, 5) is 25.8. The fourth-order valence-corrected chi connectivity index (χ4v) is 5.23. The van der Waals surface area contributed by atoms with Crippen molar-refractivity contribution in [1.29, 1.82) is 0 Å². The lowest BCUT2D eigenvalue weighted by atomic mass is 10.1. The van der Waals surface area contributed by atoms with E-state index in [4.69, 9.17) is 4.74 Å². The molecule has 2 saturated heterocycles. The van der Waals surface area contributed by atoms with Gasteiger partial charge in [0.1, 0.15) is 23.1 Å². The van der Waals surface area contributed by atoms with Crippen molar-refractivity contribution in [3.05, 3.63) is 66.0 Å². The van der Waals surface area contributed by atoms with Gasteiger partial charge in [-0.15, -0.1) is 0 Å². The molecule has 3 N–H and O–H groups in total. The lowest BCUT2D eigenvalue weighted by molar-refractivity contribution is -0.0328. The van der Waals surface area contributed by atoms with Crippen LogP contribution >= 0.6 is 0 Å². The molecule has 2 bridgehead atoms. The number of benzene rings is 2. The zero-order valence-corrected chi connectivity index (χ0v) is 21.2. The Hall–Kier alpha value is -3.67. The van der Waals surface area contributed by atoms with Crippen molar-refractivity contribution in [2.45, 2.75) is 38.2 Å². The number of hydrogen-bond donors (Lipinski definition) is 3. The van der Waals surface area contributed by atoms with Crippen LogP contribution in [-0.2, 0) is 0 Å². The molecular weight excluding hydrogens is 494 g/mol. The summed E-state index contributed by atoms with van der Waals surface area (Å²) in [6, 6.07) is 10.3. The summed E-state index contributed by atoms with van der Waals surface area (Å²) in [5.41, 5.74) is 1.04. The summed E-state index contributed by atoms with van der Waals surface area (Å²) in [6.45, 7) is 4.05. The van der Waals surface area contributed by atoms with Crippen molar-refractivity contribution < 1.29 is 23.4 Å². The van der Waals surface area contributed by atoms with E-state index in [1.54, 1.807) is 12.1 Å². The number of amides is 1. The summed E-state index contributed by atoms with van der Waals surface area (Å²) in [5.74, 6) is -1.42. The van der Waals surface area contributed by atoms with E-state index in [-0.39, 0.29) is 34.9 Å². The summed E-state index contributed by atoms with van der Waals surface area (Å²) in [6.07, 6.45) is 2.43. The van der Waals surface area contributed by atoms with Gasteiger partial charge in [0.2, 0.25) is 0 Å². The number of nitrogens with one attached hydrogen (secondary N) is 2. The number of aliphatic hydroxyl groups is 1. The Morgan fingerprint density at radius 1 is 1.21 bits per heavy atom. The third-order valence-corrected chi connectivity index (χ3v) is 7.00. The molecule has 0 aliphatic carbocycles. The van der Waals surface area contributed by atoms with Crippen LogP contribution < -0.4 is 20.3 Å². The van der Waals surface area contributed by atoms with Crippen LogP contribution in [0.5, 0.6) is 5.75 Å². The fraction of sp³-hybridized carbons (Fsp3) is 0.370. The van der Waals surface area contributed by atoms with Crippen LogP contribution in [0.25, 0.3) is 11.4 Å². The Morgan fingerprint density at radius 3 is 2.79 bits per heavy atom. The standard InChI is InChI=1S/C27H30F2N6O3/c1-3-10-31-27(37)35-15-17-13-18(35)14-34(17)22-8-7-16(28)12-21(22)33-26(36)20-9-11-30-25(32-20)24-19(29)5-4-6-23(24)38-2/h4-9,11-12,17-18,27,31,37H,3,10,13-15H2,1-2H3,(H,33,36)/t17-,18-,27?/m1/s1. The number of carbonyl (C=O) groups is 1. The van der Waals surface area contributed by atoms with Gasteiger partial charge in [-0.3, -0.25) is 15.0 Å². The van der Waals surface area contributed by atoms with E-state index in [9.17, 15) is 18.7 Å². The highest BCUT2D eigenvalue weighted by atomic mass is 19.1. The van der Waals surface area contributed by atoms with Crippen LogP contribution in [0.3, 0.4) is 0 Å². The number of rotatable bonds is 9. The highest BCUT2D eigenvalue weighted by Crippen LogP contribution is 2.39. The SMILES string of the molecule is CCCNC(O)N1C[C@H]2C[C@@H]1CN2c1ccc(F)cc1NC(=O)c1ccnc(-c2c(F)cccc2OC)n1. The predicted molar refractivity (Wildman–Crippen MR) is 139 cm³/mol. The zero-order valence-electron chi connectivity index (χ0n) is 21.2. The highest BCUT2D eigenvalue weighted by molar-refractivity contribution is 6.05. The average molecular weight is 525 g/mol. The quantitative estimate of drug-likeness (QED) is 0.367. The molecule has 2 fully saturated rings. The molecule has 1 amide bonds. The van der Waals surface area contributed by atoms with Gasteiger partial charge in [0, 0.05) is 31.4 Å². The van der Waals surface area contributed by atoms with Crippen molar-refractivity contribution in [2.75, 3.05) is 37.0 Å². The number of nitrogens with zero attached hydrogens (tertiary/aromatic N) is 4. The van der Waals surface area contributed by atoms with Crippen molar-refractivity contribution >= 4 is 17.3 Å². The van der Waals surface area contributed by atoms with Crippen LogP contribution in [-0.4, -0.2) is 71.1 Å². The minimum Gasteiger partial charge on any atom is -0.496 e. The average Bonchev–Trinajstić information content (AvgIpc) is 3.53. The maximum absolute atomic E-state index is 14.6. The third-order valence-electron chi connectivity index (χ3n) is 7.00. The molecule has 2 aromatic carbocycles. The minimum absolute atomic E-state index is 0.000694. The number of ether oxygens (including phenoxy) is 1. The number of piperazine rings is 1. The van der Waals surface area contributed by atoms with Crippen LogP contribution in [0.15, 0.2) is 48.7 Å². The lowest BCUT2D eigenvalue weighted by Gasteiger charge is -2.38. The number of anilines is 2. The molecule has 3 heterocycles. The van der Waals surface area contributed by atoms with Gasteiger partial charge in [-0.1, -0.05) is 13.0 Å². The largest absolute Gasteiger partial charge is 0.496 e. The van der Waals surface area contributed by atoms with Gasteiger partial charge in [-0.2, -0.15) is 0 Å². The van der Waals surface area contributed by atoms with E-state index in [0.717, 1.165) is 19.4 Å². The summed E-state index contributed by atoms with van der Waals surface area (Å²) in [5, 5.41) is 16.4. The Bertz CT molecular complexity index is 1330. The number of aromatic nitrogens is 2. The molecule has 1 aromatic heterocycles. The molecule has 3 atom stereocenters. The van der Waals surface area contributed by atoms with Crippen LogP contribution in [0.1, 0.15) is 30.3 Å². The molecule has 9 nitrogen and oxygen atoms in total. The summed E-state index contributed by atoms with van der Waals surface area (Å²) >= 11 is 0. The monoisotopic (exact) mass is 524 g/mol. The molecular formula is C27H30F2N6O3. The molecule has 5 rings (SSSR count). The second-order valence-corrected chi connectivity index (χ2v) is 9.42. The van der Waals surface area contributed by atoms with Crippen LogP contribution in [0.2, 0.25) is 0 Å². The van der Waals surface area contributed by atoms with Gasteiger partial charge in [-0.05, 0) is 55.8 Å². The van der Waals surface area contributed by atoms with Crippen molar-refractivity contribution in [3.63, 3.8) is 0 Å². The molecule has 0 radical (unpaired) electrons. The normalized spacial score (nSPS) is 19.6. The Morgan fingerprint density at radius 2 is 2.05 bits per heavy atom. The van der Waals surface area contributed by atoms with E-state index in [1.807, 2.05) is 11.8 Å². The molecule has 0 spiro atoms. The zero-order chi connectivity index (χ0) is 26.8. The van der Waals surface area contributed by atoms with Gasteiger partial charge in [0.15, 0.2) is 12.2 Å². The predicted octanol–water partition coefficient (Wildman–Crippen LogP) is 3.22. The van der Waals surface area contributed by atoms with E-state index < -0.39 is 23.9 Å². The Balaban J connectivity index is 1.36. The first-order chi connectivity index (χ1) is 18.4. The Labute approximate surface area is 219 Å². The number of methoxy groups -OCH3 is 1. The van der Waals surface area contributed by atoms with Gasteiger partial charge >= 0.3 is 0 Å². The first kappa shape index (κ1) is 26.0. The third kappa shape index (κ3) is 5.04. The molecule has 2 aliphatic heterocycles. The maximum atomic E-state index is 14.6. The fourth-order valence-electron chi connectivity index (χ4n) is 5.23. The molecule has 2 aliphatic rings. The smallest absolute Gasteiger partial charge is 0.274 e. The second kappa shape index (κ2) is 11.0. The lowest BCUT2D eigenvalue weighted by Crippen LogP contribution is -2.55. The highest BCUT2D eigenvalue weighted by Gasteiger charge is 2.46. The topological polar surface area (TPSA) is 103 Å². The van der Waals surface area contributed by atoms with Crippen molar-refractivity contribution in [2.24, 2.45) is 0 Å². The summed E-state index contributed by atoms with van der Waals surface area (Å²) in [7, 11) is 1.41. The molecule has 1 unspecified atom stereocenters. The van der Waals surface area contributed by atoms with Crippen LogP contribution in [0, 0.1) is 11.6 Å². The number of likely N-dealkylation sites (tertiary alicyclic amines) is 1. The number of aliphatic hydroxyl groups excluding tert-OH is 1. The van der Waals surface area contributed by atoms with E-state index in [0.29, 0.717) is 24.5 Å². The van der Waals surface area contributed by atoms with Gasteiger partial charge in [0.25, 0.3) is 5.91 Å². The molecule has 0 saturated carbocycles. The summed E-state index contributed by atoms with van der Waals surface area (Å²) < 4.78 is 34.1. The van der Waals surface area contributed by atoms with Crippen molar-refractivity contribution in [3.8, 4) is 17.1 Å². The van der Waals surface area contributed by atoms with Gasteiger partial charge in [0.05, 0.1) is 24.0 Å². The maximum Gasteiger partial charge on any atom is 0.274 e. The van der Waals surface area contributed by atoms with Gasteiger partial charge in [-0.25, -0.2) is 18.7 Å². The number of fused-ring (bicyclic) bond motifs is 2. The minimum atomic E-state index is -0.709. The number of carbonyl (C=O) groups excluding carboxylic acids is 1.